The summed E-state index contributed by atoms with van der Waals surface area (Å²) in [6.07, 6.45) is -4.43. The highest BCUT2D eigenvalue weighted by molar-refractivity contribution is 5.70. The number of alkyl halides is 3. The van der Waals surface area contributed by atoms with Crippen molar-refractivity contribution < 1.29 is 22.7 Å². The van der Waals surface area contributed by atoms with Crippen LogP contribution in [0.15, 0.2) is 11.2 Å². The van der Waals surface area contributed by atoms with E-state index in [-0.39, 0.29) is 24.5 Å². The van der Waals surface area contributed by atoms with Crippen LogP contribution in [0.5, 0.6) is 0 Å². The Labute approximate surface area is 139 Å². The molecule has 0 aliphatic heterocycles. The molecular formula is C16H24F3N3O2. The number of hydrogen-bond donors (Lipinski definition) is 0. The lowest BCUT2D eigenvalue weighted by molar-refractivity contribution is -0.154. The second-order valence-electron chi connectivity index (χ2n) is 7.53. The third kappa shape index (κ3) is 7.14. The minimum atomic E-state index is -4.53. The summed E-state index contributed by atoms with van der Waals surface area (Å²) in [6.45, 7) is 10.9. The van der Waals surface area contributed by atoms with Gasteiger partial charge in [0.05, 0.1) is 17.8 Å². The van der Waals surface area contributed by atoms with Crippen molar-refractivity contribution in [3.63, 3.8) is 0 Å². The van der Waals surface area contributed by atoms with Gasteiger partial charge in [0.15, 0.2) is 0 Å². The van der Waals surface area contributed by atoms with E-state index in [4.69, 9.17) is 4.74 Å². The quantitative estimate of drug-likeness (QED) is 0.614. The number of rotatable bonds is 4. The first-order chi connectivity index (χ1) is 10.7. The fourth-order valence-electron chi connectivity index (χ4n) is 1.79. The molecule has 0 saturated carbocycles. The van der Waals surface area contributed by atoms with Gasteiger partial charge in [0.2, 0.25) is 0 Å². The minimum Gasteiger partial charge on any atom is -0.460 e. The van der Waals surface area contributed by atoms with Crippen molar-refractivity contribution in [2.24, 2.45) is 5.10 Å². The van der Waals surface area contributed by atoms with Gasteiger partial charge in [-0.2, -0.15) is 28.2 Å². The largest absolute Gasteiger partial charge is 0.460 e. The first kappa shape index (κ1) is 20.2. The van der Waals surface area contributed by atoms with Crippen LogP contribution in [0.25, 0.3) is 0 Å². The van der Waals surface area contributed by atoms with Crippen molar-refractivity contribution >= 4 is 12.2 Å². The van der Waals surface area contributed by atoms with E-state index in [1.54, 1.807) is 26.8 Å². The fraction of sp³-hybridized carbons (Fsp3) is 0.688. The molecule has 0 aromatic carbocycles. The van der Waals surface area contributed by atoms with E-state index < -0.39 is 17.7 Å². The third-order valence-electron chi connectivity index (χ3n) is 2.85. The molecule has 0 aliphatic carbocycles. The summed E-state index contributed by atoms with van der Waals surface area (Å²) in [5, 5.41) is 7.47. The van der Waals surface area contributed by atoms with E-state index in [1.165, 1.54) is 0 Å². The Kier molecular flexibility index (Phi) is 5.84. The molecule has 0 spiro atoms. The number of carbonyl (C=O) groups is 1. The van der Waals surface area contributed by atoms with Crippen LogP contribution in [0.3, 0.4) is 0 Å². The van der Waals surface area contributed by atoms with Crippen molar-refractivity contribution in [1.29, 1.82) is 0 Å². The molecular weight excluding hydrogens is 323 g/mol. The Morgan fingerprint density at radius 1 is 1.25 bits per heavy atom. The van der Waals surface area contributed by atoms with Gasteiger partial charge in [-0.15, -0.1) is 0 Å². The smallest absolute Gasteiger partial charge is 0.428 e. The number of aryl methyl sites for hydroxylation is 1. The summed E-state index contributed by atoms with van der Waals surface area (Å²) < 4.78 is 42.2. The van der Waals surface area contributed by atoms with Crippen LogP contribution in [-0.4, -0.2) is 33.9 Å². The number of carbonyl (C=O) groups excluding carboxylic acids is 1. The second kappa shape index (κ2) is 6.94. The standard InChI is InChI=1S/C16H24F3N3O2/c1-14(2,3)12-9-11(7-8-13(23)24-15(4,5)6)22(21-12)20-10-16(17,18)19/h9-10H,7-8H2,1-6H3/b20-10-. The highest BCUT2D eigenvalue weighted by Gasteiger charge is 2.25. The van der Waals surface area contributed by atoms with Crippen LogP contribution in [0.4, 0.5) is 13.2 Å². The maximum atomic E-state index is 12.3. The number of esters is 1. The first-order valence-electron chi connectivity index (χ1n) is 7.61. The molecule has 0 N–H and O–H groups in total. The lowest BCUT2D eigenvalue weighted by atomic mass is 9.92. The maximum absolute atomic E-state index is 12.3. The fourth-order valence-corrected chi connectivity index (χ4v) is 1.79. The van der Waals surface area contributed by atoms with Gasteiger partial charge in [-0.1, -0.05) is 20.8 Å². The van der Waals surface area contributed by atoms with Crippen LogP contribution in [0.2, 0.25) is 0 Å². The molecule has 0 fully saturated rings. The van der Waals surface area contributed by atoms with E-state index in [9.17, 15) is 18.0 Å². The highest BCUT2D eigenvalue weighted by atomic mass is 19.4. The Bertz CT molecular complexity index is 606. The second-order valence-corrected chi connectivity index (χ2v) is 7.53. The van der Waals surface area contributed by atoms with Gasteiger partial charge in [0.25, 0.3) is 0 Å². The van der Waals surface area contributed by atoms with Gasteiger partial charge in [0, 0.05) is 11.8 Å². The molecule has 0 bridgehead atoms. The number of nitrogens with zero attached hydrogens (tertiary/aromatic N) is 3. The van der Waals surface area contributed by atoms with Crippen LogP contribution < -0.4 is 0 Å². The Morgan fingerprint density at radius 2 is 1.83 bits per heavy atom. The summed E-state index contributed by atoms with van der Waals surface area (Å²) in [7, 11) is 0. The van der Waals surface area contributed by atoms with Gasteiger partial charge in [0.1, 0.15) is 11.8 Å². The summed E-state index contributed by atoms with van der Waals surface area (Å²) in [6, 6.07) is 1.66. The van der Waals surface area contributed by atoms with Crippen LogP contribution in [0, 0.1) is 0 Å². The molecule has 0 aliphatic rings. The predicted octanol–water partition coefficient (Wildman–Crippen LogP) is 3.85. The number of hydrogen-bond acceptors (Lipinski definition) is 4. The molecule has 1 aromatic rings. The van der Waals surface area contributed by atoms with Crippen molar-refractivity contribution in [2.75, 3.05) is 0 Å². The zero-order chi connectivity index (χ0) is 18.8. The van der Waals surface area contributed by atoms with Gasteiger partial charge < -0.3 is 4.74 Å². The van der Waals surface area contributed by atoms with Crippen molar-refractivity contribution in [3.05, 3.63) is 17.5 Å². The molecule has 1 heterocycles. The SMILES string of the molecule is CC(C)(C)OC(=O)CCc1cc(C(C)(C)C)nn1/N=C\C(F)(F)F. The zero-order valence-corrected chi connectivity index (χ0v) is 14.9. The van der Waals surface area contributed by atoms with Gasteiger partial charge in [-0.05, 0) is 26.8 Å². The summed E-state index contributed by atoms with van der Waals surface area (Å²) in [5.74, 6) is -0.424. The number of aromatic nitrogens is 2. The van der Waals surface area contributed by atoms with Crippen molar-refractivity contribution in [2.45, 2.75) is 71.6 Å². The Morgan fingerprint density at radius 3 is 2.29 bits per heavy atom. The summed E-state index contributed by atoms with van der Waals surface area (Å²) in [5.41, 5.74) is 0.0643. The van der Waals surface area contributed by atoms with Crippen molar-refractivity contribution in [1.82, 2.24) is 9.89 Å². The molecule has 0 unspecified atom stereocenters. The average Bonchev–Trinajstić information content (AvgIpc) is 2.74. The van der Waals surface area contributed by atoms with Crippen molar-refractivity contribution in [3.8, 4) is 0 Å². The number of ether oxygens (including phenoxy) is 1. The lowest BCUT2D eigenvalue weighted by Gasteiger charge is -2.19. The average molecular weight is 347 g/mol. The van der Waals surface area contributed by atoms with E-state index in [0.717, 1.165) is 4.79 Å². The first-order valence-corrected chi connectivity index (χ1v) is 7.61. The van der Waals surface area contributed by atoms with E-state index >= 15 is 0 Å². The topological polar surface area (TPSA) is 56.5 Å². The Balaban J connectivity index is 2.97. The van der Waals surface area contributed by atoms with Gasteiger partial charge in [-0.3, -0.25) is 4.79 Å². The normalized spacial score (nSPS) is 13.5. The molecule has 136 valence electrons. The Hall–Kier alpha value is -1.86. The van der Waals surface area contributed by atoms with E-state index in [2.05, 4.69) is 10.2 Å². The molecule has 0 radical (unpaired) electrons. The zero-order valence-electron chi connectivity index (χ0n) is 14.9. The monoisotopic (exact) mass is 347 g/mol. The number of halogens is 3. The molecule has 0 saturated heterocycles. The maximum Gasteiger partial charge on any atom is 0.428 e. The van der Waals surface area contributed by atoms with E-state index in [0.29, 0.717) is 11.4 Å². The molecule has 5 nitrogen and oxygen atoms in total. The predicted molar refractivity (Wildman–Crippen MR) is 85.0 cm³/mol. The minimum absolute atomic E-state index is 0.0358. The molecule has 0 atom stereocenters. The van der Waals surface area contributed by atoms with Crippen LogP contribution in [0.1, 0.15) is 59.4 Å². The molecule has 1 aromatic heterocycles. The summed E-state index contributed by atoms with van der Waals surface area (Å²) >= 11 is 0. The third-order valence-corrected chi connectivity index (χ3v) is 2.85. The molecule has 24 heavy (non-hydrogen) atoms. The molecule has 8 heteroatoms. The lowest BCUT2D eigenvalue weighted by Crippen LogP contribution is -2.24. The van der Waals surface area contributed by atoms with Crippen LogP contribution in [-0.2, 0) is 21.4 Å². The molecule has 1 rings (SSSR count). The summed E-state index contributed by atoms with van der Waals surface area (Å²) in [4.78, 5) is 12.7. The van der Waals surface area contributed by atoms with Gasteiger partial charge in [-0.25, -0.2) is 0 Å². The highest BCUT2D eigenvalue weighted by Crippen LogP contribution is 2.23. The van der Waals surface area contributed by atoms with E-state index in [1.807, 2.05) is 20.8 Å². The van der Waals surface area contributed by atoms with Gasteiger partial charge >= 0.3 is 12.1 Å². The molecule has 0 amide bonds. The van der Waals surface area contributed by atoms with Crippen LogP contribution >= 0.6 is 0 Å².